The van der Waals surface area contributed by atoms with Crippen molar-refractivity contribution in [1.82, 2.24) is 19.7 Å². The summed E-state index contributed by atoms with van der Waals surface area (Å²) in [4.78, 5) is 8.49. The van der Waals surface area contributed by atoms with Gasteiger partial charge in [0.25, 0.3) is 0 Å². The first-order chi connectivity index (χ1) is 13.5. The number of nitrogens with two attached hydrogens (primary N) is 2. The lowest BCUT2D eigenvalue weighted by Gasteiger charge is -2.08. The van der Waals surface area contributed by atoms with Gasteiger partial charge in [-0.1, -0.05) is 18.2 Å². The molecule has 0 atom stereocenters. The van der Waals surface area contributed by atoms with Crippen molar-refractivity contribution >= 4 is 22.7 Å². The van der Waals surface area contributed by atoms with Crippen LogP contribution >= 0.6 is 0 Å². The minimum absolute atomic E-state index is 0.000465. The first-order valence-corrected chi connectivity index (χ1v) is 8.51. The first kappa shape index (κ1) is 17.4. The van der Waals surface area contributed by atoms with E-state index in [2.05, 4.69) is 15.1 Å². The van der Waals surface area contributed by atoms with E-state index in [-0.39, 0.29) is 17.1 Å². The summed E-state index contributed by atoms with van der Waals surface area (Å²) in [5, 5.41) is 14.0. The van der Waals surface area contributed by atoms with E-state index in [1.165, 1.54) is 6.07 Å². The average Bonchev–Trinajstić information content (AvgIpc) is 3.07. The molecule has 4 aromatic rings. The zero-order valence-corrected chi connectivity index (χ0v) is 15.0. The number of aromatic nitrogens is 4. The summed E-state index contributed by atoms with van der Waals surface area (Å²) in [6, 6.07) is 12.1. The highest BCUT2D eigenvalue weighted by molar-refractivity contribution is 5.91. The molecule has 4 rings (SSSR count). The molecule has 0 unspecified atom stereocenters. The predicted molar refractivity (Wildman–Crippen MR) is 105 cm³/mol. The topological polar surface area (TPSA) is 119 Å². The quantitative estimate of drug-likeness (QED) is 0.533. The number of aryl methyl sites for hydroxylation is 1. The van der Waals surface area contributed by atoms with Gasteiger partial charge in [0.2, 0.25) is 5.95 Å². The Hall–Kier alpha value is -3.99. The highest BCUT2D eigenvalue weighted by Crippen LogP contribution is 2.30. The number of hydrogen-bond acceptors (Lipinski definition) is 6. The molecule has 0 bridgehead atoms. The van der Waals surface area contributed by atoms with Gasteiger partial charge in [0.15, 0.2) is 5.65 Å². The van der Waals surface area contributed by atoms with E-state index < -0.39 is 5.82 Å². The molecule has 8 heteroatoms. The van der Waals surface area contributed by atoms with Crippen LogP contribution in [-0.2, 0) is 6.54 Å². The Labute approximate surface area is 160 Å². The van der Waals surface area contributed by atoms with Crippen molar-refractivity contribution in [2.75, 3.05) is 11.5 Å². The Kier molecular flexibility index (Phi) is 4.12. The van der Waals surface area contributed by atoms with E-state index in [0.717, 1.165) is 16.8 Å². The number of rotatable bonds is 3. The third kappa shape index (κ3) is 2.89. The zero-order valence-electron chi connectivity index (χ0n) is 15.0. The van der Waals surface area contributed by atoms with Crippen LogP contribution < -0.4 is 11.5 Å². The van der Waals surface area contributed by atoms with Gasteiger partial charge in [0, 0.05) is 11.3 Å². The lowest BCUT2D eigenvalue weighted by molar-refractivity contribution is 0.627. The van der Waals surface area contributed by atoms with Gasteiger partial charge in [-0.3, -0.25) is 0 Å². The Morgan fingerprint density at radius 3 is 2.75 bits per heavy atom. The molecule has 0 spiro atoms. The van der Waals surface area contributed by atoms with E-state index in [1.54, 1.807) is 23.0 Å². The van der Waals surface area contributed by atoms with Gasteiger partial charge in [-0.2, -0.15) is 15.3 Å². The molecule has 0 aliphatic carbocycles. The van der Waals surface area contributed by atoms with Gasteiger partial charge < -0.3 is 11.5 Å². The highest BCUT2D eigenvalue weighted by Gasteiger charge is 2.18. The molecule has 0 aliphatic heterocycles. The van der Waals surface area contributed by atoms with Gasteiger partial charge in [-0.05, 0) is 36.2 Å². The normalized spacial score (nSPS) is 10.9. The third-order valence-electron chi connectivity index (χ3n) is 4.55. The largest absolute Gasteiger partial charge is 0.399 e. The maximum absolute atomic E-state index is 14.7. The van der Waals surface area contributed by atoms with Crippen LogP contribution in [0.25, 0.3) is 22.3 Å². The summed E-state index contributed by atoms with van der Waals surface area (Å²) < 4.78 is 16.4. The molecule has 138 valence electrons. The number of nitriles is 1. The SMILES string of the molecule is Cc1cc(Cn2ncc3c(-c4cccc(C#N)c4F)nc(N)nc32)ccc1N. The summed E-state index contributed by atoms with van der Waals surface area (Å²) in [7, 11) is 0. The Bertz CT molecular complexity index is 1250. The number of hydrogen-bond donors (Lipinski definition) is 2. The van der Waals surface area contributed by atoms with Gasteiger partial charge in [-0.15, -0.1) is 0 Å². The van der Waals surface area contributed by atoms with Gasteiger partial charge in [0.1, 0.15) is 11.9 Å². The Morgan fingerprint density at radius 1 is 1.18 bits per heavy atom. The van der Waals surface area contributed by atoms with E-state index >= 15 is 0 Å². The molecule has 0 aliphatic rings. The van der Waals surface area contributed by atoms with Crippen LogP contribution in [0.4, 0.5) is 16.0 Å². The predicted octanol–water partition coefficient (Wildman–Crippen LogP) is 3.03. The minimum Gasteiger partial charge on any atom is -0.399 e. The lowest BCUT2D eigenvalue weighted by atomic mass is 10.1. The van der Waals surface area contributed by atoms with Gasteiger partial charge in [-0.25, -0.2) is 14.1 Å². The molecular formula is C20H16FN7. The molecular weight excluding hydrogens is 357 g/mol. The summed E-state index contributed by atoms with van der Waals surface area (Å²) in [6.45, 7) is 2.38. The van der Waals surface area contributed by atoms with Crippen LogP contribution in [0.1, 0.15) is 16.7 Å². The lowest BCUT2D eigenvalue weighted by Crippen LogP contribution is -2.06. The molecule has 4 N–H and O–H groups in total. The van der Waals surface area contributed by atoms with Crippen LogP contribution in [0, 0.1) is 24.1 Å². The zero-order chi connectivity index (χ0) is 19.8. The Morgan fingerprint density at radius 2 is 2.00 bits per heavy atom. The fraction of sp³-hybridized carbons (Fsp3) is 0.100. The summed E-state index contributed by atoms with van der Waals surface area (Å²) in [6.07, 6.45) is 1.58. The maximum atomic E-state index is 14.7. The number of fused-ring (bicyclic) bond motifs is 1. The molecule has 2 aromatic carbocycles. The van der Waals surface area contributed by atoms with Crippen molar-refractivity contribution < 1.29 is 4.39 Å². The van der Waals surface area contributed by atoms with Crippen LogP contribution in [-0.4, -0.2) is 19.7 Å². The van der Waals surface area contributed by atoms with Crippen LogP contribution in [0.3, 0.4) is 0 Å². The molecule has 0 amide bonds. The summed E-state index contributed by atoms with van der Waals surface area (Å²) >= 11 is 0. The van der Waals surface area contributed by atoms with Crippen molar-refractivity contribution in [1.29, 1.82) is 5.26 Å². The monoisotopic (exact) mass is 373 g/mol. The van der Waals surface area contributed by atoms with Crippen molar-refractivity contribution in [3.63, 3.8) is 0 Å². The molecule has 2 heterocycles. The number of anilines is 2. The molecule has 7 nitrogen and oxygen atoms in total. The second kappa shape index (κ2) is 6.63. The van der Waals surface area contributed by atoms with E-state index in [4.69, 9.17) is 16.7 Å². The maximum Gasteiger partial charge on any atom is 0.222 e. The average molecular weight is 373 g/mol. The minimum atomic E-state index is -0.647. The smallest absolute Gasteiger partial charge is 0.222 e. The fourth-order valence-corrected chi connectivity index (χ4v) is 3.10. The number of nitrogens with zero attached hydrogens (tertiary/aromatic N) is 5. The standard InChI is InChI=1S/C20H16FN7/c1-11-7-12(5-6-16(11)23)10-28-19-15(9-25-28)18(26-20(24)27-19)14-4-2-3-13(8-22)17(14)21/h2-7,9H,10,23H2,1H3,(H2,24,26,27). The van der Waals surface area contributed by atoms with E-state index in [9.17, 15) is 4.39 Å². The molecule has 0 saturated carbocycles. The van der Waals surface area contributed by atoms with Crippen molar-refractivity contribution in [2.45, 2.75) is 13.5 Å². The van der Waals surface area contributed by atoms with Crippen LogP contribution in [0.15, 0.2) is 42.6 Å². The van der Waals surface area contributed by atoms with E-state index in [1.807, 2.05) is 31.2 Å². The number of nitrogen functional groups attached to an aromatic ring is 2. The summed E-state index contributed by atoms with van der Waals surface area (Å²) in [5.74, 6) is -0.647. The van der Waals surface area contributed by atoms with Crippen molar-refractivity contribution in [3.05, 3.63) is 65.1 Å². The van der Waals surface area contributed by atoms with E-state index in [0.29, 0.717) is 23.3 Å². The van der Waals surface area contributed by atoms with Gasteiger partial charge in [0.05, 0.1) is 29.4 Å². The Balaban J connectivity index is 1.86. The molecule has 0 fully saturated rings. The number of halogens is 1. The fourth-order valence-electron chi connectivity index (χ4n) is 3.10. The molecule has 0 saturated heterocycles. The molecule has 2 aromatic heterocycles. The summed E-state index contributed by atoms with van der Waals surface area (Å²) in [5.41, 5.74) is 15.3. The van der Waals surface area contributed by atoms with Crippen LogP contribution in [0.5, 0.6) is 0 Å². The second-order valence-corrected chi connectivity index (χ2v) is 6.44. The molecule has 28 heavy (non-hydrogen) atoms. The van der Waals surface area contributed by atoms with Crippen LogP contribution in [0.2, 0.25) is 0 Å². The number of benzene rings is 2. The molecule has 0 radical (unpaired) electrons. The van der Waals surface area contributed by atoms with Gasteiger partial charge >= 0.3 is 0 Å². The second-order valence-electron chi connectivity index (χ2n) is 6.44. The third-order valence-corrected chi connectivity index (χ3v) is 4.55. The van der Waals surface area contributed by atoms with Crippen molar-refractivity contribution in [3.8, 4) is 17.3 Å². The highest BCUT2D eigenvalue weighted by atomic mass is 19.1. The van der Waals surface area contributed by atoms with Crippen molar-refractivity contribution in [2.24, 2.45) is 0 Å². The first-order valence-electron chi connectivity index (χ1n) is 8.51.